The Morgan fingerprint density at radius 3 is 2.58 bits per heavy atom. The largest absolute Gasteiger partial charge is 0.496 e. The van der Waals surface area contributed by atoms with Crippen LogP contribution >= 0.6 is 0 Å². The second-order valence-corrected chi connectivity index (χ2v) is 4.71. The maximum atomic E-state index is 10.8. The van der Waals surface area contributed by atoms with Crippen molar-refractivity contribution in [3.8, 4) is 5.75 Å². The lowest BCUT2D eigenvalue weighted by molar-refractivity contribution is -0.385. The Morgan fingerprint density at radius 1 is 1.42 bits per heavy atom. The highest BCUT2D eigenvalue weighted by Gasteiger charge is 2.14. The fourth-order valence-electron chi connectivity index (χ4n) is 1.73. The minimum Gasteiger partial charge on any atom is -0.496 e. The maximum absolute atomic E-state index is 10.8. The molecule has 1 atom stereocenters. The molecule has 0 saturated heterocycles. The molecule has 0 aliphatic heterocycles. The van der Waals surface area contributed by atoms with E-state index in [-0.39, 0.29) is 24.3 Å². The summed E-state index contributed by atoms with van der Waals surface area (Å²) in [7, 11) is 1.47. The van der Waals surface area contributed by atoms with Crippen LogP contribution in [0.1, 0.15) is 19.4 Å². The molecule has 0 saturated carbocycles. The second-order valence-electron chi connectivity index (χ2n) is 4.71. The molecule has 0 fully saturated rings. The summed E-state index contributed by atoms with van der Waals surface area (Å²) in [5, 5.41) is 23.2. The number of methoxy groups -OCH3 is 1. The molecule has 0 aromatic heterocycles. The number of aliphatic hydroxyl groups is 1. The average Bonchev–Trinajstić information content (AvgIpc) is 2.38. The van der Waals surface area contributed by atoms with Crippen LogP contribution in [0.15, 0.2) is 18.2 Å². The van der Waals surface area contributed by atoms with Crippen molar-refractivity contribution < 1.29 is 14.8 Å². The van der Waals surface area contributed by atoms with Gasteiger partial charge in [0.2, 0.25) is 0 Å². The average molecular weight is 268 g/mol. The van der Waals surface area contributed by atoms with Gasteiger partial charge in [0.1, 0.15) is 5.75 Å². The minimum absolute atomic E-state index is 0.00115. The molecule has 6 nitrogen and oxygen atoms in total. The molecule has 0 amide bonds. The van der Waals surface area contributed by atoms with Crippen molar-refractivity contribution in [2.24, 2.45) is 5.92 Å². The van der Waals surface area contributed by atoms with Gasteiger partial charge in [0, 0.05) is 18.7 Å². The number of rotatable bonds is 7. The van der Waals surface area contributed by atoms with E-state index in [0.29, 0.717) is 12.3 Å². The van der Waals surface area contributed by atoms with Crippen molar-refractivity contribution in [3.63, 3.8) is 0 Å². The Hall–Kier alpha value is -1.66. The van der Waals surface area contributed by atoms with E-state index in [1.807, 2.05) is 13.8 Å². The normalized spacial score (nSPS) is 12.5. The number of nitrogens with one attached hydrogen (secondary N) is 1. The highest BCUT2D eigenvalue weighted by Crippen LogP contribution is 2.22. The topological polar surface area (TPSA) is 84.6 Å². The Bertz CT molecular complexity index is 435. The molecule has 0 radical (unpaired) electrons. The number of nitro benzene ring substituents is 1. The van der Waals surface area contributed by atoms with Gasteiger partial charge in [-0.3, -0.25) is 10.1 Å². The number of nitro groups is 1. The maximum Gasteiger partial charge on any atom is 0.273 e. The van der Waals surface area contributed by atoms with Crippen molar-refractivity contribution in [3.05, 3.63) is 33.9 Å². The van der Waals surface area contributed by atoms with Crippen molar-refractivity contribution in [2.75, 3.05) is 13.7 Å². The smallest absolute Gasteiger partial charge is 0.273 e. The highest BCUT2D eigenvalue weighted by molar-refractivity contribution is 5.42. The fraction of sp³-hybridized carbons (Fsp3) is 0.538. The van der Waals surface area contributed by atoms with Crippen LogP contribution in [0.5, 0.6) is 5.75 Å². The molecule has 6 heteroatoms. The third-order valence-corrected chi connectivity index (χ3v) is 2.97. The standard InChI is InChI=1S/C13H20N2O4/c1-9(2)13(8-16)14-7-10-4-11(15(17)18)6-12(5-10)19-3/h4-6,9,13-14,16H,7-8H2,1-3H3. The van der Waals surface area contributed by atoms with Crippen LogP contribution in [0.3, 0.4) is 0 Å². The lowest BCUT2D eigenvalue weighted by Gasteiger charge is -2.20. The van der Waals surface area contributed by atoms with E-state index >= 15 is 0 Å². The van der Waals surface area contributed by atoms with E-state index in [1.165, 1.54) is 19.2 Å². The Balaban J connectivity index is 2.82. The summed E-state index contributed by atoms with van der Waals surface area (Å²) in [4.78, 5) is 10.4. The number of nitrogens with zero attached hydrogens (tertiary/aromatic N) is 1. The molecule has 0 heterocycles. The molecule has 2 N–H and O–H groups in total. The van der Waals surface area contributed by atoms with E-state index < -0.39 is 4.92 Å². The third-order valence-electron chi connectivity index (χ3n) is 2.97. The summed E-state index contributed by atoms with van der Waals surface area (Å²) in [5.41, 5.74) is 0.756. The summed E-state index contributed by atoms with van der Waals surface area (Å²) in [5.74, 6) is 0.738. The van der Waals surface area contributed by atoms with Gasteiger partial charge in [-0.1, -0.05) is 13.8 Å². The molecule has 1 aromatic rings. The predicted octanol–water partition coefficient (Wildman–Crippen LogP) is 1.71. The van der Waals surface area contributed by atoms with Crippen molar-refractivity contribution in [1.82, 2.24) is 5.32 Å². The lowest BCUT2D eigenvalue weighted by atomic mass is 10.0. The Labute approximate surface area is 112 Å². The predicted molar refractivity (Wildman–Crippen MR) is 72.2 cm³/mol. The molecule has 1 unspecified atom stereocenters. The van der Waals surface area contributed by atoms with Crippen LogP contribution in [0.4, 0.5) is 5.69 Å². The van der Waals surface area contributed by atoms with Gasteiger partial charge in [-0.25, -0.2) is 0 Å². The van der Waals surface area contributed by atoms with Crippen LogP contribution in [0, 0.1) is 16.0 Å². The first-order valence-electron chi connectivity index (χ1n) is 6.14. The lowest BCUT2D eigenvalue weighted by Crippen LogP contribution is -2.36. The van der Waals surface area contributed by atoms with Gasteiger partial charge in [-0.15, -0.1) is 0 Å². The number of hydrogen-bond acceptors (Lipinski definition) is 5. The molecule has 1 aromatic carbocycles. The van der Waals surface area contributed by atoms with E-state index in [1.54, 1.807) is 6.07 Å². The van der Waals surface area contributed by atoms with E-state index in [9.17, 15) is 15.2 Å². The summed E-state index contributed by atoms with van der Waals surface area (Å²) in [6, 6.07) is 4.60. The van der Waals surface area contributed by atoms with Crippen LogP contribution in [0.2, 0.25) is 0 Å². The first-order valence-corrected chi connectivity index (χ1v) is 6.14. The first kappa shape index (κ1) is 15.4. The van der Waals surface area contributed by atoms with Crippen molar-refractivity contribution in [1.29, 1.82) is 0 Å². The van der Waals surface area contributed by atoms with Crippen LogP contribution in [-0.4, -0.2) is 29.8 Å². The molecule has 0 bridgehead atoms. The summed E-state index contributed by atoms with van der Waals surface area (Å²) in [6.07, 6.45) is 0. The highest BCUT2D eigenvalue weighted by atomic mass is 16.6. The van der Waals surface area contributed by atoms with Gasteiger partial charge in [-0.05, 0) is 17.5 Å². The molecule has 19 heavy (non-hydrogen) atoms. The molecule has 0 aliphatic carbocycles. The van der Waals surface area contributed by atoms with Gasteiger partial charge in [0.25, 0.3) is 5.69 Å². The molecule has 0 spiro atoms. The van der Waals surface area contributed by atoms with Crippen LogP contribution in [-0.2, 0) is 6.54 Å². The second kappa shape index (κ2) is 7.06. The molecule has 106 valence electrons. The van der Waals surface area contributed by atoms with Gasteiger partial charge >= 0.3 is 0 Å². The Kier molecular flexibility index (Phi) is 5.72. The van der Waals surface area contributed by atoms with Gasteiger partial charge in [0.05, 0.1) is 24.7 Å². The van der Waals surface area contributed by atoms with E-state index in [0.717, 1.165) is 5.56 Å². The first-order chi connectivity index (χ1) is 8.97. The number of hydrogen-bond donors (Lipinski definition) is 2. The quantitative estimate of drug-likeness (QED) is 0.581. The molecule has 0 aliphatic rings. The van der Waals surface area contributed by atoms with Gasteiger partial charge in [-0.2, -0.15) is 0 Å². The van der Waals surface area contributed by atoms with Gasteiger partial charge < -0.3 is 15.2 Å². The molecule has 1 rings (SSSR count). The van der Waals surface area contributed by atoms with Crippen LogP contribution < -0.4 is 10.1 Å². The summed E-state index contributed by atoms with van der Waals surface area (Å²) in [6.45, 7) is 4.48. The monoisotopic (exact) mass is 268 g/mol. The third kappa shape index (κ3) is 4.50. The summed E-state index contributed by atoms with van der Waals surface area (Å²) >= 11 is 0. The summed E-state index contributed by atoms with van der Waals surface area (Å²) < 4.78 is 5.04. The van der Waals surface area contributed by atoms with E-state index in [2.05, 4.69) is 5.32 Å². The zero-order valence-corrected chi connectivity index (χ0v) is 11.4. The number of non-ortho nitro benzene ring substituents is 1. The zero-order chi connectivity index (χ0) is 14.4. The van der Waals surface area contributed by atoms with E-state index in [4.69, 9.17) is 4.74 Å². The number of ether oxygens (including phenoxy) is 1. The van der Waals surface area contributed by atoms with Gasteiger partial charge in [0.15, 0.2) is 0 Å². The Morgan fingerprint density at radius 2 is 2.11 bits per heavy atom. The SMILES string of the molecule is COc1cc(CNC(CO)C(C)C)cc([N+](=O)[O-])c1. The number of aliphatic hydroxyl groups excluding tert-OH is 1. The fourth-order valence-corrected chi connectivity index (χ4v) is 1.73. The number of benzene rings is 1. The van der Waals surface area contributed by atoms with Crippen molar-refractivity contribution in [2.45, 2.75) is 26.4 Å². The molecular formula is C13H20N2O4. The van der Waals surface area contributed by atoms with Crippen molar-refractivity contribution >= 4 is 5.69 Å². The molecular weight excluding hydrogens is 248 g/mol. The zero-order valence-electron chi connectivity index (χ0n) is 11.4. The minimum atomic E-state index is -0.446. The van der Waals surface area contributed by atoms with Crippen LogP contribution in [0.25, 0.3) is 0 Å².